The van der Waals surface area contributed by atoms with Crippen molar-refractivity contribution in [2.24, 2.45) is 0 Å². The highest BCUT2D eigenvalue weighted by Gasteiger charge is 2.31. The summed E-state index contributed by atoms with van der Waals surface area (Å²) in [4.78, 5) is 14.4. The van der Waals surface area contributed by atoms with Crippen molar-refractivity contribution in [1.82, 2.24) is 4.90 Å². The van der Waals surface area contributed by atoms with Crippen molar-refractivity contribution in [3.8, 4) is 0 Å². The second kappa shape index (κ2) is 6.67. The maximum atomic E-state index is 13.4. The van der Waals surface area contributed by atoms with Crippen LogP contribution in [0.4, 0.5) is 8.78 Å². The number of likely N-dealkylation sites (tertiary alicyclic amines) is 1. The number of carbonyl (C=O) groups excluding carboxylic acids is 1. The van der Waals surface area contributed by atoms with Crippen LogP contribution in [-0.2, 0) is 6.42 Å². The second-order valence-electron chi connectivity index (χ2n) is 5.73. The van der Waals surface area contributed by atoms with E-state index in [-0.39, 0.29) is 22.5 Å². The minimum absolute atomic E-state index is 0.0190. The molecule has 1 unspecified atom stereocenters. The van der Waals surface area contributed by atoms with E-state index in [0.717, 1.165) is 37.0 Å². The Balaban J connectivity index is 1.82. The van der Waals surface area contributed by atoms with Gasteiger partial charge in [0.2, 0.25) is 0 Å². The standard InChI is InChI=1S/C18H16ClF2NO/c19-15-11-17(21)16(20)10-14(15)18(23)22-8-4-7-13(22)9-12-5-2-1-3-6-12/h1-3,5-6,10-11,13H,4,7-9H2. The molecule has 0 saturated carbocycles. The highest BCUT2D eigenvalue weighted by Crippen LogP contribution is 2.27. The highest BCUT2D eigenvalue weighted by molar-refractivity contribution is 6.33. The van der Waals surface area contributed by atoms with Gasteiger partial charge in [-0.1, -0.05) is 41.9 Å². The fourth-order valence-electron chi connectivity index (χ4n) is 3.04. The summed E-state index contributed by atoms with van der Waals surface area (Å²) in [5.41, 5.74) is 1.17. The number of carbonyl (C=O) groups is 1. The lowest BCUT2D eigenvalue weighted by molar-refractivity contribution is 0.0736. The molecular weight excluding hydrogens is 320 g/mol. The number of rotatable bonds is 3. The van der Waals surface area contributed by atoms with Crippen LogP contribution in [-0.4, -0.2) is 23.4 Å². The minimum Gasteiger partial charge on any atom is -0.335 e. The Morgan fingerprint density at radius 3 is 2.61 bits per heavy atom. The number of amides is 1. The molecule has 1 aliphatic heterocycles. The summed E-state index contributed by atoms with van der Waals surface area (Å²) in [6.07, 6.45) is 2.53. The predicted molar refractivity (Wildman–Crippen MR) is 85.6 cm³/mol. The SMILES string of the molecule is O=C(c1cc(F)c(F)cc1Cl)N1CCCC1Cc1ccccc1. The quantitative estimate of drug-likeness (QED) is 0.758. The normalized spacial score (nSPS) is 17.5. The molecular formula is C18H16ClF2NO. The van der Waals surface area contributed by atoms with E-state index in [0.29, 0.717) is 6.54 Å². The molecule has 1 aliphatic rings. The number of nitrogens with zero attached hydrogens (tertiary/aromatic N) is 1. The van der Waals surface area contributed by atoms with Gasteiger partial charge in [0.1, 0.15) is 0 Å². The maximum absolute atomic E-state index is 13.4. The lowest BCUT2D eigenvalue weighted by atomic mass is 10.0. The molecule has 1 heterocycles. The first-order chi connectivity index (χ1) is 11.1. The van der Waals surface area contributed by atoms with Crippen LogP contribution in [0.3, 0.4) is 0 Å². The highest BCUT2D eigenvalue weighted by atomic mass is 35.5. The Bertz CT molecular complexity index is 720. The molecule has 120 valence electrons. The molecule has 0 N–H and O–H groups in total. The zero-order valence-corrected chi connectivity index (χ0v) is 13.2. The number of halogens is 3. The van der Waals surface area contributed by atoms with Crippen molar-refractivity contribution in [2.45, 2.75) is 25.3 Å². The molecule has 0 spiro atoms. The van der Waals surface area contributed by atoms with Crippen LogP contribution in [0, 0.1) is 11.6 Å². The summed E-state index contributed by atoms with van der Waals surface area (Å²) in [7, 11) is 0. The summed E-state index contributed by atoms with van der Waals surface area (Å²) >= 11 is 5.93. The Labute approximate surface area is 138 Å². The van der Waals surface area contributed by atoms with Gasteiger partial charge in [-0.05, 0) is 37.0 Å². The van der Waals surface area contributed by atoms with Crippen molar-refractivity contribution in [3.63, 3.8) is 0 Å². The van der Waals surface area contributed by atoms with Crippen molar-refractivity contribution in [3.05, 3.63) is 70.2 Å². The first-order valence-electron chi connectivity index (χ1n) is 7.55. The van der Waals surface area contributed by atoms with Gasteiger partial charge in [-0.3, -0.25) is 4.79 Å². The predicted octanol–water partition coefficient (Wildman–Crippen LogP) is 4.47. The molecule has 2 aromatic rings. The van der Waals surface area contributed by atoms with E-state index in [9.17, 15) is 13.6 Å². The van der Waals surface area contributed by atoms with Crippen molar-refractivity contribution in [2.75, 3.05) is 6.54 Å². The average Bonchev–Trinajstić information content (AvgIpc) is 2.99. The zero-order valence-electron chi connectivity index (χ0n) is 12.4. The fourth-order valence-corrected chi connectivity index (χ4v) is 3.27. The molecule has 1 atom stereocenters. The van der Waals surface area contributed by atoms with Gasteiger partial charge >= 0.3 is 0 Å². The van der Waals surface area contributed by atoms with Gasteiger partial charge in [-0.15, -0.1) is 0 Å². The third-order valence-electron chi connectivity index (χ3n) is 4.19. The van der Waals surface area contributed by atoms with Gasteiger partial charge < -0.3 is 4.90 Å². The molecule has 1 amide bonds. The van der Waals surface area contributed by atoms with Crippen LogP contribution >= 0.6 is 11.6 Å². The summed E-state index contributed by atoms with van der Waals surface area (Å²) in [5, 5.41) is -0.0562. The van der Waals surface area contributed by atoms with Crippen molar-refractivity contribution >= 4 is 17.5 Å². The van der Waals surface area contributed by atoms with Gasteiger partial charge in [-0.2, -0.15) is 0 Å². The third-order valence-corrected chi connectivity index (χ3v) is 4.51. The summed E-state index contributed by atoms with van der Waals surface area (Å²) in [6.45, 7) is 0.603. The Morgan fingerprint density at radius 2 is 1.87 bits per heavy atom. The van der Waals surface area contributed by atoms with Gasteiger partial charge in [-0.25, -0.2) is 8.78 Å². The van der Waals surface area contributed by atoms with Crippen molar-refractivity contribution in [1.29, 1.82) is 0 Å². The van der Waals surface area contributed by atoms with E-state index in [1.165, 1.54) is 0 Å². The van der Waals surface area contributed by atoms with E-state index in [4.69, 9.17) is 11.6 Å². The molecule has 0 aliphatic carbocycles. The number of hydrogen-bond donors (Lipinski definition) is 0. The zero-order chi connectivity index (χ0) is 16.4. The largest absolute Gasteiger partial charge is 0.335 e. The van der Waals surface area contributed by atoms with Crippen molar-refractivity contribution < 1.29 is 13.6 Å². The van der Waals surface area contributed by atoms with E-state index < -0.39 is 11.6 Å². The summed E-state index contributed by atoms with van der Waals surface area (Å²) < 4.78 is 26.6. The Morgan fingerprint density at radius 1 is 1.17 bits per heavy atom. The first-order valence-corrected chi connectivity index (χ1v) is 7.93. The molecule has 0 bridgehead atoms. The van der Waals surface area contributed by atoms with Crippen LogP contribution in [0.2, 0.25) is 5.02 Å². The van der Waals surface area contributed by atoms with Crippen LogP contribution in [0.5, 0.6) is 0 Å². The van der Waals surface area contributed by atoms with Gasteiger partial charge in [0, 0.05) is 12.6 Å². The van der Waals surface area contributed by atoms with E-state index >= 15 is 0 Å². The molecule has 3 rings (SSSR count). The Kier molecular flexibility index (Phi) is 4.62. The van der Waals surface area contributed by atoms with Gasteiger partial charge in [0.15, 0.2) is 11.6 Å². The third kappa shape index (κ3) is 3.37. The first kappa shape index (κ1) is 15.9. The van der Waals surface area contributed by atoms with E-state index in [1.807, 2.05) is 30.3 Å². The molecule has 0 radical (unpaired) electrons. The van der Waals surface area contributed by atoms with E-state index in [2.05, 4.69) is 0 Å². The lowest BCUT2D eigenvalue weighted by Crippen LogP contribution is -2.37. The number of hydrogen-bond acceptors (Lipinski definition) is 1. The maximum Gasteiger partial charge on any atom is 0.255 e. The van der Waals surface area contributed by atoms with Crippen LogP contribution in [0.1, 0.15) is 28.8 Å². The average molecular weight is 336 g/mol. The summed E-state index contributed by atoms with van der Waals surface area (Å²) in [5.74, 6) is -2.45. The lowest BCUT2D eigenvalue weighted by Gasteiger charge is -2.25. The smallest absolute Gasteiger partial charge is 0.255 e. The van der Waals surface area contributed by atoms with Gasteiger partial charge in [0.25, 0.3) is 5.91 Å². The number of benzene rings is 2. The van der Waals surface area contributed by atoms with Crippen LogP contribution in [0.15, 0.2) is 42.5 Å². The topological polar surface area (TPSA) is 20.3 Å². The summed E-state index contributed by atoms with van der Waals surface area (Å²) in [6, 6.07) is 11.7. The Hall–Kier alpha value is -1.94. The molecule has 23 heavy (non-hydrogen) atoms. The molecule has 0 aromatic heterocycles. The molecule has 1 fully saturated rings. The van der Waals surface area contributed by atoms with Crippen LogP contribution in [0.25, 0.3) is 0 Å². The monoisotopic (exact) mass is 335 g/mol. The fraction of sp³-hybridized carbons (Fsp3) is 0.278. The second-order valence-corrected chi connectivity index (χ2v) is 6.14. The molecule has 2 aromatic carbocycles. The van der Waals surface area contributed by atoms with Gasteiger partial charge in [0.05, 0.1) is 10.6 Å². The minimum atomic E-state index is -1.06. The molecule has 2 nitrogen and oxygen atoms in total. The molecule has 5 heteroatoms. The van der Waals surface area contributed by atoms with E-state index in [1.54, 1.807) is 4.90 Å². The van der Waals surface area contributed by atoms with Crippen LogP contribution < -0.4 is 0 Å². The molecule has 1 saturated heterocycles.